The van der Waals surface area contributed by atoms with Crippen LogP contribution in [0.1, 0.15) is 5.56 Å². The van der Waals surface area contributed by atoms with Crippen molar-refractivity contribution in [1.82, 2.24) is 29.6 Å². The van der Waals surface area contributed by atoms with Crippen molar-refractivity contribution >= 4 is 23.3 Å². The monoisotopic (exact) mass is 539 g/mol. The minimum Gasteiger partial charge on any atom is -0.437 e. The zero-order valence-electron chi connectivity index (χ0n) is 23.1. The van der Waals surface area contributed by atoms with E-state index in [9.17, 15) is 4.79 Å². The van der Waals surface area contributed by atoms with Gasteiger partial charge in [0.25, 0.3) is 0 Å². The molecule has 0 atom stereocenters. The molecule has 4 aromatic rings. The molecule has 4 heterocycles. The van der Waals surface area contributed by atoms with Crippen molar-refractivity contribution in [2.75, 3.05) is 77.8 Å². The number of nitrogens with one attached hydrogen (secondary N) is 1. The lowest BCUT2D eigenvalue weighted by Crippen LogP contribution is -2.46. The molecule has 1 N–H and O–H groups in total. The number of amides is 1. The zero-order valence-corrected chi connectivity index (χ0v) is 23.1. The van der Waals surface area contributed by atoms with E-state index in [1.807, 2.05) is 23.1 Å². The Bertz CT molecular complexity index is 1410. The van der Waals surface area contributed by atoms with E-state index in [0.717, 1.165) is 112 Å². The second kappa shape index (κ2) is 12.2. The average Bonchev–Trinajstić information content (AvgIpc) is 3.40. The Kier molecular flexibility index (Phi) is 8.04. The molecule has 2 aliphatic heterocycles. The molecule has 0 bridgehead atoms. The molecule has 0 saturated carbocycles. The van der Waals surface area contributed by atoms with Gasteiger partial charge in [-0.2, -0.15) is 0 Å². The molecule has 6 rings (SSSR count). The summed E-state index contributed by atoms with van der Waals surface area (Å²) in [4.78, 5) is 29.3. The Labute approximate surface area is 235 Å². The normalized spacial score (nSPS) is 17.4. The Balaban J connectivity index is 1.26. The highest BCUT2D eigenvalue weighted by Gasteiger charge is 2.23. The van der Waals surface area contributed by atoms with Gasteiger partial charge in [0.2, 0.25) is 12.1 Å². The van der Waals surface area contributed by atoms with Crippen LogP contribution in [0.15, 0.2) is 65.3 Å². The summed E-state index contributed by atoms with van der Waals surface area (Å²) in [6, 6.07) is 19.1. The lowest BCUT2D eigenvalue weighted by molar-refractivity contribution is -0.119. The first-order valence-electron chi connectivity index (χ1n) is 14.2. The Morgan fingerprint density at radius 3 is 2.30 bits per heavy atom. The molecule has 40 heavy (non-hydrogen) atoms. The van der Waals surface area contributed by atoms with E-state index in [1.54, 1.807) is 6.33 Å². The summed E-state index contributed by atoms with van der Waals surface area (Å²) >= 11 is 0. The molecule has 2 aromatic heterocycles. The van der Waals surface area contributed by atoms with Gasteiger partial charge in [-0.3, -0.25) is 14.6 Å². The van der Waals surface area contributed by atoms with Crippen LogP contribution in [0, 0.1) is 0 Å². The third-order valence-corrected chi connectivity index (χ3v) is 8.05. The van der Waals surface area contributed by atoms with Gasteiger partial charge in [-0.05, 0) is 18.2 Å². The fourth-order valence-corrected chi connectivity index (χ4v) is 5.60. The first kappa shape index (κ1) is 26.4. The second-order valence-electron chi connectivity index (χ2n) is 10.8. The molecule has 9 heteroatoms. The van der Waals surface area contributed by atoms with Crippen molar-refractivity contribution in [2.24, 2.45) is 0 Å². The highest BCUT2D eigenvalue weighted by molar-refractivity contribution is 6.05. The van der Waals surface area contributed by atoms with Gasteiger partial charge in [-0.1, -0.05) is 54.6 Å². The van der Waals surface area contributed by atoms with E-state index >= 15 is 0 Å². The van der Waals surface area contributed by atoms with Crippen molar-refractivity contribution in [1.29, 1.82) is 0 Å². The number of likely N-dealkylation sites (N-methyl/N-ethyl adjacent to an activating group) is 1. The highest BCUT2D eigenvalue weighted by Crippen LogP contribution is 2.42. The van der Waals surface area contributed by atoms with E-state index < -0.39 is 0 Å². The van der Waals surface area contributed by atoms with Gasteiger partial charge in [0, 0.05) is 83.1 Å². The van der Waals surface area contributed by atoms with E-state index in [2.05, 4.69) is 73.4 Å². The molecule has 9 nitrogen and oxygen atoms in total. The number of furan rings is 1. The number of aromatic nitrogens is 2. The predicted octanol–water partition coefficient (Wildman–Crippen LogP) is 3.49. The number of anilines is 1. The van der Waals surface area contributed by atoms with E-state index in [-0.39, 0.29) is 0 Å². The third kappa shape index (κ3) is 5.86. The van der Waals surface area contributed by atoms with E-state index in [0.29, 0.717) is 5.71 Å². The smallest absolute Gasteiger partial charge is 0.232 e. The molecule has 2 fully saturated rings. The largest absolute Gasteiger partial charge is 0.437 e. The summed E-state index contributed by atoms with van der Waals surface area (Å²) in [5.41, 5.74) is 4.98. The number of hydrogen-bond donors (Lipinski definition) is 1. The second-order valence-corrected chi connectivity index (χ2v) is 10.8. The topological polar surface area (TPSA) is 81.0 Å². The van der Waals surface area contributed by atoms with Crippen LogP contribution >= 0.6 is 0 Å². The lowest BCUT2D eigenvalue weighted by Gasteiger charge is -2.32. The molecule has 208 valence electrons. The Morgan fingerprint density at radius 2 is 1.57 bits per heavy atom. The summed E-state index contributed by atoms with van der Waals surface area (Å²) in [5.74, 6) is 1.58. The fraction of sp³-hybridized carbons (Fsp3) is 0.387. The van der Waals surface area contributed by atoms with Gasteiger partial charge in [0.15, 0.2) is 0 Å². The molecular formula is C31H37N7O2. The van der Waals surface area contributed by atoms with Crippen LogP contribution in [0.5, 0.6) is 0 Å². The quantitative estimate of drug-likeness (QED) is 0.324. The summed E-state index contributed by atoms with van der Waals surface area (Å²) in [6.45, 7) is 10.3. The Hall–Kier alpha value is -3.79. The third-order valence-electron chi connectivity index (χ3n) is 8.05. The number of hydrogen-bond acceptors (Lipinski definition) is 8. The first-order valence-corrected chi connectivity index (χ1v) is 14.2. The van der Waals surface area contributed by atoms with Gasteiger partial charge >= 0.3 is 0 Å². The SMILES string of the molecule is CN1CCN(Cc2ccc(-c3oc4ncnc(NCCN5CCN(C=O)CC5)c4c3-c3ccccc3)cc2)CC1. The number of rotatable bonds is 9. The number of fused-ring (bicyclic) bond motifs is 1. The predicted molar refractivity (Wildman–Crippen MR) is 158 cm³/mol. The van der Waals surface area contributed by atoms with Crippen LogP contribution in [-0.4, -0.2) is 108 Å². The highest BCUT2D eigenvalue weighted by atomic mass is 16.3. The van der Waals surface area contributed by atoms with Gasteiger partial charge in [-0.15, -0.1) is 0 Å². The molecule has 2 aliphatic rings. The maximum Gasteiger partial charge on any atom is 0.232 e. The molecule has 1 amide bonds. The van der Waals surface area contributed by atoms with Gasteiger partial charge in [0.05, 0.1) is 5.39 Å². The van der Waals surface area contributed by atoms with E-state index in [1.165, 1.54) is 5.56 Å². The van der Waals surface area contributed by atoms with Crippen LogP contribution in [0.25, 0.3) is 33.6 Å². The van der Waals surface area contributed by atoms with Gasteiger partial charge in [-0.25, -0.2) is 9.97 Å². The lowest BCUT2D eigenvalue weighted by atomic mass is 9.98. The zero-order chi connectivity index (χ0) is 27.3. The summed E-state index contributed by atoms with van der Waals surface area (Å²) in [6.07, 6.45) is 2.50. The van der Waals surface area contributed by atoms with Gasteiger partial charge in [0.1, 0.15) is 17.9 Å². The average molecular weight is 540 g/mol. The molecule has 0 unspecified atom stereocenters. The van der Waals surface area contributed by atoms with Crippen molar-refractivity contribution in [3.05, 3.63) is 66.5 Å². The Morgan fingerprint density at radius 1 is 0.850 bits per heavy atom. The van der Waals surface area contributed by atoms with Crippen molar-refractivity contribution in [3.63, 3.8) is 0 Å². The molecule has 0 spiro atoms. The summed E-state index contributed by atoms with van der Waals surface area (Å²) in [5, 5.41) is 4.45. The van der Waals surface area contributed by atoms with Gasteiger partial charge < -0.3 is 19.5 Å². The van der Waals surface area contributed by atoms with Crippen LogP contribution in [0.4, 0.5) is 5.82 Å². The molecular weight excluding hydrogens is 502 g/mol. The minimum absolute atomic E-state index is 0.576. The van der Waals surface area contributed by atoms with Crippen molar-refractivity contribution < 1.29 is 9.21 Å². The maximum absolute atomic E-state index is 11.0. The maximum atomic E-state index is 11.0. The van der Waals surface area contributed by atoms with Crippen LogP contribution in [0.2, 0.25) is 0 Å². The van der Waals surface area contributed by atoms with Crippen LogP contribution < -0.4 is 5.32 Å². The van der Waals surface area contributed by atoms with Crippen molar-refractivity contribution in [3.8, 4) is 22.5 Å². The van der Waals surface area contributed by atoms with E-state index in [4.69, 9.17) is 4.42 Å². The molecule has 2 aromatic carbocycles. The molecule has 0 aliphatic carbocycles. The molecule has 0 radical (unpaired) electrons. The molecule has 2 saturated heterocycles. The first-order chi connectivity index (χ1) is 19.7. The number of carbonyl (C=O) groups excluding carboxylic acids is 1. The number of nitrogens with zero attached hydrogens (tertiary/aromatic N) is 6. The van der Waals surface area contributed by atoms with Crippen molar-refractivity contribution in [2.45, 2.75) is 6.54 Å². The summed E-state index contributed by atoms with van der Waals surface area (Å²) < 4.78 is 6.45. The number of carbonyl (C=O) groups is 1. The van der Waals surface area contributed by atoms with Crippen LogP contribution in [-0.2, 0) is 11.3 Å². The fourth-order valence-electron chi connectivity index (χ4n) is 5.60. The number of benzene rings is 2. The number of piperazine rings is 2. The summed E-state index contributed by atoms with van der Waals surface area (Å²) in [7, 11) is 2.19. The minimum atomic E-state index is 0.576. The van der Waals surface area contributed by atoms with Crippen LogP contribution in [0.3, 0.4) is 0 Å². The standard InChI is InChI=1S/C31H37N7O2/c1-35-13-15-37(16-14-35)21-24-7-9-26(10-8-24)29-27(25-5-3-2-4-6-25)28-30(33-22-34-31(28)40-29)32-11-12-36-17-19-38(23-39)20-18-36/h2-10,22-23H,11-21H2,1H3,(H,32,33,34).